The van der Waals surface area contributed by atoms with Crippen LogP contribution in [0.1, 0.15) is 44.7 Å². The summed E-state index contributed by atoms with van der Waals surface area (Å²) in [6.45, 7) is 8.88. The molecular weight excluding hydrogens is 405 g/mol. The zero-order valence-electron chi connectivity index (χ0n) is 16.2. The molecule has 2 atom stereocenters. The molecule has 2 fully saturated rings. The second-order valence-corrected chi connectivity index (χ2v) is 7.78. The van der Waals surface area contributed by atoms with Crippen molar-refractivity contribution in [1.82, 2.24) is 15.5 Å². The minimum atomic E-state index is 0. The minimum Gasteiger partial charge on any atom is -0.354 e. The lowest BCUT2D eigenvalue weighted by Crippen LogP contribution is -2.40. The van der Waals surface area contributed by atoms with E-state index in [4.69, 9.17) is 11.6 Å². The second kappa shape index (κ2) is 10.9. The van der Waals surface area contributed by atoms with Crippen LogP contribution in [0, 0.1) is 11.3 Å². The van der Waals surface area contributed by atoms with Gasteiger partial charge in [-0.2, -0.15) is 0 Å². The average Bonchev–Trinajstić information content (AvgIpc) is 3.33. The Morgan fingerprint density at radius 1 is 1.26 bits per heavy atom. The molecule has 2 N–H and O–H groups in total. The Balaban J connectivity index is 0.00000182. The zero-order chi connectivity index (χ0) is 17.9. The van der Waals surface area contributed by atoms with Crippen LogP contribution in [0.2, 0.25) is 5.02 Å². The van der Waals surface area contributed by atoms with Gasteiger partial charge in [-0.05, 0) is 62.5 Å². The number of hydrogen-bond acceptors (Lipinski definition) is 3. The number of piperidine rings is 1. The van der Waals surface area contributed by atoms with Gasteiger partial charge in [-0.15, -0.1) is 24.8 Å². The predicted molar refractivity (Wildman–Crippen MR) is 117 cm³/mol. The Bertz CT molecular complexity index is 604. The van der Waals surface area contributed by atoms with E-state index in [1.807, 2.05) is 18.2 Å². The largest absolute Gasteiger partial charge is 0.354 e. The highest BCUT2D eigenvalue weighted by molar-refractivity contribution is 6.31. The van der Waals surface area contributed by atoms with Crippen LogP contribution in [-0.4, -0.2) is 43.5 Å². The van der Waals surface area contributed by atoms with Gasteiger partial charge in [0, 0.05) is 17.5 Å². The first-order valence-corrected chi connectivity index (χ1v) is 9.96. The molecule has 1 spiro atoms. The fraction of sp³-hybridized carbons (Fsp3) is 0.650. The topological polar surface area (TPSA) is 44.4 Å². The first-order chi connectivity index (χ1) is 12.1. The van der Waals surface area contributed by atoms with Gasteiger partial charge in [0.1, 0.15) is 0 Å². The first-order valence-electron chi connectivity index (χ1n) is 9.58. The summed E-state index contributed by atoms with van der Waals surface area (Å²) in [5.74, 6) is 0.435. The van der Waals surface area contributed by atoms with Crippen LogP contribution in [-0.2, 0) is 4.79 Å². The van der Waals surface area contributed by atoms with Crippen molar-refractivity contribution >= 4 is 42.3 Å². The number of carbonyl (C=O) groups is 1. The lowest BCUT2D eigenvalue weighted by Gasteiger charge is -2.31. The molecule has 7 heteroatoms. The summed E-state index contributed by atoms with van der Waals surface area (Å²) in [6, 6.07) is 8.10. The van der Waals surface area contributed by atoms with E-state index in [9.17, 15) is 4.79 Å². The molecule has 4 nitrogen and oxygen atoms in total. The summed E-state index contributed by atoms with van der Waals surface area (Å²) < 4.78 is 0. The van der Waals surface area contributed by atoms with Crippen LogP contribution in [0.5, 0.6) is 0 Å². The highest BCUT2D eigenvalue weighted by Crippen LogP contribution is 2.58. The molecule has 2 aliphatic rings. The molecule has 2 unspecified atom stereocenters. The fourth-order valence-electron chi connectivity index (χ4n) is 4.36. The molecule has 0 radical (unpaired) electrons. The molecule has 1 amide bonds. The molecule has 1 aromatic carbocycles. The van der Waals surface area contributed by atoms with Gasteiger partial charge in [-0.3, -0.25) is 9.69 Å². The first kappa shape index (κ1) is 24.5. The van der Waals surface area contributed by atoms with E-state index in [0.717, 1.165) is 56.0 Å². The van der Waals surface area contributed by atoms with Gasteiger partial charge in [0.15, 0.2) is 0 Å². The van der Waals surface area contributed by atoms with Crippen LogP contribution in [0.3, 0.4) is 0 Å². The molecule has 3 rings (SSSR count). The normalized spacial score (nSPS) is 21.1. The van der Waals surface area contributed by atoms with Crippen LogP contribution >= 0.6 is 36.4 Å². The number of hydrogen-bond donors (Lipinski definition) is 2. The number of nitrogens with zero attached hydrogens (tertiary/aromatic N) is 1. The third-order valence-electron chi connectivity index (χ3n) is 6.09. The van der Waals surface area contributed by atoms with Crippen molar-refractivity contribution in [3.05, 3.63) is 34.9 Å². The van der Waals surface area contributed by atoms with Crippen LogP contribution in [0.15, 0.2) is 24.3 Å². The molecule has 0 bridgehead atoms. The summed E-state index contributed by atoms with van der Waals surface area (Å²) in [7, 11) is 0. The van der Waals surface area contributed by atoms with E-state index in [0.29, 0.717) is 6.54 Å². The molecule has 1 aromatic rings. The van der Waals surface area contributed by atoms with E-state index in [1.54, 1.807) is 0 Å². The fourth-order valence-corrected chi connectivity index (χ4v) is 4.62. The number of amides is 1. The van der Waals surface area contributed by atoms with Crippen LogP contribution in [0.4, 0.5) is 0 Å². The third-order valence-corrected chi connectivity index (χ3v) is 6.44. The molecule has 1 aliphatic carbocycles. The number of halogens is 3. The summed E-state index contributed by atoms with van der Waals surface area (Å²) >= 11 is 6.44. The van der Waals surface area contributed by atoms with Crippen LogP contribution in [0.25, 0.3) is 0 Å². The molecular formula is C20H32Cl3N3O. The SMILES string of the molecule is CCN(CC)C(CNC(=O)C1CC12CCNCC2)c1ccccc1Cl.Cl.Cl. The summed E-state index contributed by atoms with van der Waals surface area (Å²) in [5.41, 5.74) is 1.38. The van der Waals surface area contributed by atoms with Gasteiger partial charge >= 0.3 is 0 Å². The maximum Gasteiger partial charge on any atom is 0.223 e. The number of nitrogens with one attached hydrogen (secondary N) is 2. The molecule has 1 saturated carbocycles. The Kier molecular flexibility index (Phi) is 9.87. The number of carbonyl (C=O) groups excluding carboxylic acids is 1. The smallest absolute Gasteiger partial charge is 0.223 e. The van der Waals surface area contributed by atoms with E-state index >= 15 is 0 Å². The van der Waals surface area contributed by atoms with Crippen molar-refractivity contribution in [1.29, 1.82) is 0 Å². The highest BCUT2D eigenvalue weighted by Gasteiger charge is 2.57. The van der Waals surface area contributed by atoms with E-state index in [1.165, 1.54) is 0 Å². The lowest BCUT2D eigenvalue weighted by molar-refractivity contribution is -0.123. The quantitative estimate of drug-likeness (QED) is 0.677. The Morgan fingerprint density at radius 2 is 1.89 bits per heavy atom. The number of rotatable bonds is 7. The van der Waals surface area contributed by atoms with Crippen LogP contribution < -0.4 is 10.6 Å². The summed E-state index contributed by atoms with van der Waals surface area (Å²) in [5, 5.41) is 7.40. The van der Waals surface area contributed by atoms with Crippen molar-refractivity contribution < 1.29 is 4.79 Å². The Labute approximate surface area is 180 Å². The average molecular weight is 437 g/mol. The van der Waals surface area contributed by atoms with Crippen molar-refractivity contribution in [2.45, 2.75) is 39.2 Å². The molecule has 27 heavy (non-hydrogen) atoms. The van der Waals surface area contributed by atoms with Gasteiger partial charge < -0.3 is 10.6 Å². The van der Waals surface area contributed by atoms with Crippen molar-refractivity contribution in [2.24, 2.45) is 11.3 Å². The zero-order valence-corrected chi connectivity index (χ0v) is 18.6. The molecule has 154 valence electrons. The van der Waals surface area contributed by atoms with Gasteiger partial charge in [0.25, 0.3) is 0 Å². The molecule has 0 aromatic heterocycles. The van der Waals surface area contributed by atoms with Gasteiger partial charge in [0.05, 0.1) is 6.04 Å². The Morgan fingerprint density at radius 3 is 2.48 bits per heavy atom. The second-order valence-electron chi connectivity index (χ2n) is 7.37. The summed E-state index contributed by atoms with van der Waals surface area (Å²) in [4.78, 5) is 15.1. The minimum absolute atomic E-state index is 0. The van der Waals surface area contributed by atoms with Gasteiger partial charge in [0.2, 0.25) is 5.91 Å². The summed E-state index contributed by atoms with van der Waals surface area (Å²) in [6.07, 6.45) is 3.33. The van der Waals surface area contributed by atoms with E-state index in [-0.39, 0.29) is 48.1 Å². The molecule has 1 heterocycles. The van der Waals surface area contributed by atoms with E-state index < -0.39 is 0 Å². The van der Waals surface area contributed by atoms with Crippen molar-refractivity contribution in [2.75, 3.05) is 32.7 Å². The van der Waals surface area contributed by atoms with Crippen molar-refractivity contribution in [3.63, 3.8) is 0 Å². The number of benzene rings is 1. The van der Waals surface area contributed by atoms with E-state index in [2.05, 4.69) is 35.4 Å². The lowest BCUT2D eigenvalue weighted by atomic mass is 9.91. The van der Waals surface area contributed by atoms with Crippen molar-refractivity contribution in [3.8, 4) is 0 Å². The third kappa shape index (κ3) is 5.51. The standard InChI is InChI=1S/C20H30ClN3O.2ClH/c1-3-24(4-2)18(15-7-5-6-8-17(15)21)14-23-19(25)16-13-20(16)9-11-22-12-10-20;;/h5-8,16,18,22H,3-4,9-14H2,1-2H3,(H,23,25);2*1H. The molecule has 1 aliphatic heterocycles. The maximum atomic E-state index is 12.7. The molecule has 1 saturated heterocycles. The number of likely N-dealkylation sites (N-methyl/N-ethyl adjacent to an activating group) is 1. The predicted octanol–water partition coefficient (Wildman–Crippen LogP) is 4.07. The Hall–Kier alpha value is -0.520. The van der Waals surface area contributed by atoms with Gasteiger partial charge in [-0.1, -0.05) is 43.6 Å². The monoisotopic (exact) mass is 435 g/mol. The highest BCUT2D eigenvalue weighted by atomic mass is 35.5. The maximum absolute atomic E-state index is 12.7. The van der Waals surface area contributed by atoms with Gasteiger partial charge in [-0.25, -0.2) is 0 Å².